The second-order valence-electron chi connectivity index (χ2n) is 7.44. The highest BCUT2D eigenvalue weighted by molar-refractivity contribution is 6.42. The lowest BCUT2D eigenvalue weighted by Gasteiger charge is -2.22. The normalized spacial score (nSPS) is 21.4. The van der Waals surface area contributed by atoms with Gasteiger partial charge in [-0.25, -0.2) is 4.79 Å². The van der Waals surface area contributed by atoms with Crippen LogP contribution in [0.4, 0.5) is 4.79 Å². The molecular formula is C22H22Cl2N2O3. The molecule has 2 fully saturated rings. The summed E-state index contributed by atoms with van der Waals surface area (Å²) in [6.45, 7) is 2.19. The molecule has 0 spiro atoms. The predicted molar refractivity (Wildman–Crippen MR) is 113 cm³/mol. The second-order valence-corrected chi connectivity index (χ2v) is 8.22. The van der Waals surface area contributed by atoms with E-state index in [4.69, 9.17) is 27.9 Å². The lowest BCUT2D eigenvalue weighted by molar-refractivity contribution is -0.132. The highest BCUT2D eigenvalue weighted by atomic mass is 35.5. The topological polar surface area (TPSA) is 49.9 Å². The van der Waals surface area contributed by atoms with E-state index < -0.39 is 0 Å². The molecule has 1 saturated heterocycles. The summed E-state index contributed by atoms with van der Waals surface area (Å²) >= 11 is 12.4. The van der Waals surface area contributed by atoms with E-state index in [-0.39, 0.29) is 23.8 Å². The van der Waals surface area contributed by atoms with E-state index in [9.17, 15) is 9.59 Å². The predicted octanol–water partition coefficient (Wildman–Crippen LogP) is 4.83. The maximum absolute atomic E-state index is 13.0. The van der Waals surface area contributed by atoms with Crippen LogP contribution in [0.3, 0.4) is 0 Å². The van der Waals surface area contributed by atoms with Crippen molar-refractivity contribution in [3.05, 3.63) is 64.1 Å². The van der Waals surface area contributed by atoms with Gasteiger partial charge in [0.15, 0.2) is 0 Å². The van der Waals surface area contributed by atoms with Crippen LogP contribution in [0, 0.1) is 5.92 Å². The first-order valence-corrected chi connectivity index (χ1v) is 10.5. The van der Waals surface area contributed by atoms with Crippen molar-refractivity contribution < 1.29 is 14.3 Å². The van der Waals surface area contributed by atoms with Crippen LogP contribution in [0.15, 0.2) is 48.5 Å². The van der Waals surface area contributed by atoms with E-state index in [2.05, 4.69) is 0 Å². The van der Waals surface area contributed by atoms with Gasteiger partial charge in [0.05, 0.1) is 10.0 Å². The molecule has 1 heterocycles. The van der Waals surface area contributed by atoms with Crippen molar-refractivity contribution in [2.75, 3.05) is 26.2 Å². The van der Waals surface area contributed by atoms with Crippen molar-refractivity contribution in [3.63, 3.8) is 0 Å². The molecule has 2 amide bonds. The number of amides is 2. The Balaban J connectivity index is 1.33. The van der Waals surface area contributed by atoms with Crippen LogP contribution in [-0.2, 0) is 4.79 Å². The van der Waals surface area contributed by atoms with E-state index in [0.717, 1.165) is 18.4 Å². The Morgan fingerprint density at radius 2 is 1.62 bits per heavy atom. The van der Waals surface area contributed by atoms with Gasteiger partial charge in [-0.3, -0.25) is 4.79 Å². The Hall–Kier alpha value is -2.24. The van der Waals surface area contributed by atoms with Gasteiger partial charge in [-0.05, 0) is 42.5 Å². The number of ether oxygens (including phenoxy) is 1. The maximum Gasteiger partial charge on any atom is 0.415 e. The van der Waals surface area contributed by atoms with Gasteiger partial charge in [-0.2, -0.15) is 0 Å². The minimum Gasteiger partial charge on any atom is -0.410 e. The standard InChI is InChI=1S/C22H22Cl2N2O3/c23-19-9-4-8-16(20(19)24)17-14-18(17)21(27)25-10-5-11-26(13-12-25)22(28)29-15-6-2-1-3-7-15/h1-4,6-9,17-18H,5,10-14H2/t17-,18-/m1/s1. The molecule has 1 aliphatic heterocycles. The number of rotatable bonds is 3. The van der Waals surface area contributed by atoms with Crippen molar-refractivity contribution in [1.82, 2.24) is 9.80 Å². The molecule has 2 aliphatic rings. The number of carbonyl (C=O) groups is 2. The van der Waals surface area contributed by atoms with Crippen molar-refractivity contribution in [3.8, 4) is 5.75 Å². The summed E-state index contributed by atoms with van der Waals surface area (Å²) in [7, 11) is 0. The third-order valence-corrected chi connectivity index (χ3v) is 6.34. The number of halogens is 2. The summed E-state index contributed by atoms with van der Waals surface area (Å²) in [6.07, 6.45) is 1.14. The smallest absolute Gasteiger partial charge is 0.410 e. The fourth-order valence-corrected chi connectivity index (χ4v) is 4.28. The van der Waals surface area contributed by atoms with Crippen LogP contribution in [0.25, 0.3) is 0 Å². The van der Waals surface area contributed by atoms with Crippen LogP contribution in [0.1, 0.15) is 24.3 Å². The SMILES string of the molecule is O=C(Oc1ccccc1)N1CCCN(C(=O)[C@@H]2C[C@@H]2c2cccc(Cl)c2Cl)CC1. The molecule has 0 N–H and O–H groups in total. The average molecular weight is 433 g/mol. The highest BCUT2D eigenvalue weighted by Gasteiger charge is 2.47. The van der Waals surface area contributed by atoms with E-state index in [1.54, 1.807) is 23.1 Å². The molecule has 0 bridgehead atoms. The molecule has 0 aromatic heterocycles. The van der Waals surface area contributed by atoms with Gasteiger partial charge in [0, 0.05) is 32.1 Å². The zero-order chi connectivity index (χ0) is 20.4. The van der Waals surface area contributed by atoms with Gasteiger partial charge in [0.25, 0.3) is 0 Å². The summed E-state index contributed by atoms with van der Waals surface area (Å²) in [5.41, 5.74) is 0.945. The molecule has 5 nitrogen and oxygen atoms in total. The minimum absolute atomic E-state index is 0.0613. The van der Waals surface area contributed by atoms with Crippen molar-refractivity contribution in [2.45, 2.75) is 18.8 Å². The molecule has 1 aliphatic carbocycles. The summed E-state index contributed by atoms with van der Waals surface area (Å²) < 4.78 is 5.42. The summed E-state index contributed by atoms with van der Waals surface area (Å²) in [5.74, 6) is 0.711. The molecule has 7 heteroatoms. The molecule has 152 valence electrons. The van der Waals surface area contributed by atoms with E-state index >= 15 is 0 Å². The largest absolute Gasteiger partial charge is 0.415 e. The van der Waals surface area contributed by atoms with Gasteiger partial charge in [-0.1, -0.05) is 53.5 Å². The van der Waals surface area contributed by atoms with Crippen molar-refractivity contribution in [2.24, 2.45) is 5.92 Å². The molecule has 2 atom stereocenters. The Kier molecular flexibility index (Phi) is 5.97. The van der Waals surface area contributed by atoms with E-state index in [1.165, 1.54) is 0 Å². The average Bonchev–Trinajstić information content (AvgIpc) is 3.54. The monoisotopic (exact) mass is 432 g/mol. The molecule has 4 rings (SSSR count). The number of nitrogens with zero attached hydrogens (tertiary/aromatic N) is 2. The molecule has 1 saturated carbocycles. The van der Waals surface area contributed by atoms with Gasteiger partial charge in [0.2, 0.25) is 5.91 Å². The zero-order valence-electron chi connectivity index (χ0n) is 15.9. The molecular weight excluding hydrogens is 411 g/mol. The first-order chi connectivity index (χ1) is 14.0. The molecule has 2 aromatic rings. The summed E-state index contributed by atoms with van der Waals surface area (Å²) in [5, 5.41) is 1.06. The third-order valence-electron chi connectivity index (χ3n) is 5.50. The van der Waals surface area contributed by atoms with Gasteiger partial charge in [0.1, 0.15) is 5.75 Å². The first kappa shape index (κ1) is 20.0. The third kappa shape index (κ3) is 4.51. The van der Waals surface area contributed by atoms with Gasteiger partial charge in [-0.15, -0.1) is 0 Å². The summed E-state index contributed by atoms with van der Waals surface area (Å²) in [4.78, 5) is 28.9. The maximum atomic E-state index is 13.0. The fourth-order valence-electron chi connectivity index (χ4n) is 3.83. The molecule has 0 radical (unpaired) electrons. The zero-order valence-corrected chi connectivity index (χ0v) is 17.4. The van der Waals surface area contributed by atoms with Crippen molar-refractivity contribution in [1.29, 1.82) is 0 Å². The molecule has 2 aromatic carbocycles. The second kappa shape index (κ2) is 8.64. The molecule has 29 heavy (non-hydrogen) atoms. The first-order valence-electron chi connectivity index (χ1n) is 9.79. The number of hydrogen-bond donors (Lipinski definition) is 0. The van der Waals surface area contributed by atoms with E-state index in [0.29, 0.717) is 42.0 Å². The Bertz CT molecular complexity index is 906. The number of hydrogen-bond acceptors (Lipinski definition) is 3. The number of carbonyl (C=O) groups excluding carboxylic acids is 2. The summed E-state index contributed by atoms with van der Waals surface area (Å²) in [6, 6.07) is 14.6. The Labute approximate surface area is 180 Å². The Morgan fingerprint density at radius 1 is 0.897 bits per heavy atom. The van der Waals surface area contributed by atoms with Crippen LogP contribution in [0.2, 0.25) is 10.0 Å². The van der Waals surface area contributed by atoms with Gasteiger partial charge < -0.3 is 14.5 Å². The van der Waals surface area contributed by atoms with Crippen molar-refractivity contribution >= 4 is 35.2 Å². The Morgan fingerprint density at radius 3 is 2.41 bits per heavy atom. The van der Waals surface area contributed by atoms with Crippen LogP contribution in [0.5, 0.6) is 5.75 Å². The van der Waals surface area contributed by atoms with Gasteiger partial charge >= 0.3 is 6.09 Å². The number of para-hydroxylation sites is 1. The van der Waals surface area contributed by atoms with Crippen LogP contribution < -0.4 is 4.74 Å². The quantitative estimate of drug-likeness (QED) is 0.697. The highest BCUT2D eigenvalue weighted by Crippen LogP contribution is 2.51. The molecule has 0 unspecified atom stereocenters. The van der Waals surface area contributed by atoms with E-state index in [1.807, 2.05) is 35.2 Å². The fraction of sp³-hybridized carbons (Fsp3) is 0.364. The lowest BCUT2D eigenvalue weighted by Crippen LogP contribution is -2.39. The lowest BCUT2D eigenvalue weighted by atomic mass is 10.1. The van der Waals surface area contributed by atoms with Crippen LogP contribution in [-0.4, -0.2) is 48.0 Å². The van der Waals surface area contributed by atoms with Crippen LogP contribution >= 0.6 is 23.2 Å². The number of benzene rings is 2. The minimum atomic E-state index is -0.375.